The molecule has 1 N–H and O–H groups in total. The first kappa shape index (κ1) is 17.5. The highest BCUT2D eigenvalue weighted by atomic mass is 16.5. The molecule has 0 aromatic heterocycles. The van der Waals surface area contributed by atoms with Crippen molar-refractivity contribution >= 4 is 5.71 Å². The first-order valence-corrected chi connectivity index (χ1v) is 8.32. The number of hydrogen-bond acceptors (Lipinski definition) is 4. The van der Waals surface area contributed by atoms with Crippen LogP contribution in [0.2, 0.25) is 0 Å². The van der Waals surface area contributed by atoms with E-state index in [1.807, 2.05) is 78.9 Å². The molecule has 26 heavy (non-hydrogen) atoms. The van der Waals surface area contributed by atoms with E-state index in [-0.39, 0.29) is 5.92 Å². The van der Waals surface area contributed by atoms with Crippen LogP contribution in [0.15, 0.2) is 84.0 Å². The molecule has 3 rings (SSSR count). The highest BCUT2D eigenvalue weighted by molar-refractivity contribution is 6.06. The molecule has 0 amide bonds. The minimum Gasteiger partial charge on any atom is -0.493 e. The molecule has 0 aliphatic carbocycles. The van der Waals surface area contributed by atoms with Crippen molar-refractivity contribution in [2.75, 3.05) is 14.2 Å². The SMILES string of the molecule is COc1ccc(C(/C(=N/O)c2ccccc2)c2ccccc2)cc1OC. The summed E-state index contributed by atoms with van der Waals surface area (Å²) in [4.78, 5) is 0. The molecule has 0 spiro atoms. The van der Waals surface area contributed by atoms with Crippen LogP contribution in [0.3, 0.4) is 0 Å². The van der Waals surface area contributed by atoms with Crippen molar-refractivity contribution in [3.63, 3.8) is 0 Å². The lowest BCUT2D eigenvalue weighted by molar-refractivity contribution is 0.317. The minimum atomic E-state index is -0.247. The van der Waals surface area contributed by atoms with Gasteiger partial charge >= 0.3 is 0 Å². The number of rotatable bonds is 6. The first-order valence-electron chi connectivity index (χ1n) is 8.32. The maximum Gasteiger partial charge on any atom is 0.161 e. The number of oxime groups is 1. The van der Waals surface area contributed by atoms with Crippen molar-refractivity contribution in [1.29, 1.82) is 0 Å². The predicted molar refractivity (Wildman–Crippen MR) is 103 cm³/mol. The molecule has 0 aliphatic rings. The molecule has 0 radical (unpaired) electrons. The van der Waals surface area contributed by atoms with Crippen molar-refractivity contribution in [3.05, 3.63) is 95.6 Å². The summed E-state index contributed by atoms with van der Waals surface area (Å²) in [5.41, 5.74) is 3.41. The Labute approximate surface area is 153 Å². The van der Waals surface area contributed by atoms with Gasteiger partial charge in [0, 0.05) is 5.56 Å². The fraction of sp³-hybridized carbons (Fsp3) is 0.136. The fourth-order valence-electron chi connectivity index (χ4n) is 3.08. The molecule has 4 heteroatoms. The van der Waals surface area contributed by atoms with Gasteiger partial charge in [-0.15, -0.1) is 0 Å². The largest absolute Gasteiger partial charge is 0.493 e. The molecule has 0 saturated carbocycles. The first-order chi connectivity index (χ1) is 12.8. The van der Waals surface area contributed by atoms with E-state index < -0.39 is 0 Å². The normalized spacial score (nSPS) is 12.5. The lowest BCUT2D eigenvalue weighted by Gasteiger charge is -2.21. The fourth-order valence-corrected chi connectivity index (χ4v) is 3.08. The quantitative estimate of drug-likeness (QED) is 0.399. The molecule has 0 fully saturated rings. The van der Waals surface area contributed by atoms with E-state index in [0.29, 0.717) is 17.2 Å². The van der Waals surface area contributed by atoms with E-state index in [2.05, 4.69) is 5.16 Å². The Kier molecular flexibility index (Phi) is 5.54. The van der Waals surface area contributed by atoms with Crippen LogP contribution in [-0.2, 0) is 0 Å². The van der Waals surface area contributed by atoms with E-state index in [1.165, 1.54) is 0 Å². The highest BCUT2D eigenvalue weighted by Crippen LogP contribution is 2.35. The van der Waals surface area contributed by atoms with Gasteiger partial charge in [-0.25, -0.2) is 0 Å². The minimum absolute atomic E-state index is 0.247. The van der Waals surface area contributed by atoms with Crippen molar-refractivity contribution in [2.45, 2.75) is 5.92 Å². The molecule has 0 heterocycles. The highest BCUT2D eigenvalue weighted by Gasteiger charge is 2.24. The molecule has 132 valence electrons. The van der Waals surface area contributed by atoms with Gasteiger partial charge in [0.25, 0.3) is 0 Å². The standard InChI is InChI=1S/C22H21NO3/c1-25-19-14-13-18(15-20(19)26-2)21(16-9-5-3-6-10-16)22(23-24)17-11-7-4-8-12-17/h3-15,21,24H,1-2H3/b23-22+. The van der Waals surface area contributed by atoms with Gasteiger partial charge in [0.05, 0.1) is 25.8 Å². The zero-order valence-corrected chi connectivity index (χ0v) is 14.8. The van der Waals surface area contributed by atoms with Gasteiger partial charge in [-0.3, -0.25) is 0 Å². The summed E-state index contributed by atoms with van der Waals surface area (Å²) in [6, 6.07) is 25.4. The number of hydrogen-bond donors (Lipinski definition) is 1. The molecule has 3 aromatic rings. The number of ether oxygens (including phenoxy) is 2. The molecule has 1 atom stereocenters. The monoisotopic (exact) mass is 347 g/mol. The number of methoxy groups -OCH3 is 2. The van der Waals surface area contributed by atoms with Gasteiger partial charge in [0.2, 0.25) is 0 Å². The third-order valence-corrected chi connectivity index (χ3v) is 4.32. The lowest BCUT2D eigenvalue weighted by atomic mass is 9.84. The van der Waals surface area contributed by atoms with Gasteiger partial charge in [0.1, 0.15) is 0 Å². The van der Waals surface area contributed by atoms with Crippen molar-refractivity contribution < 1.29 is 14.7 Å². The molecule has 3 aromatic carbocycles. The van der Waals surface area contributed by atoms with E-state index in [4.69, 9.17) is 9.47 Å². The third-order valence-electron chi connectivity index (χ3n) is 4.32. The van der Waals surface area contributed by atoms with E-state index in [9.17, 15) is 5.21 Å². The van der Waals surface area contributed by atoms with Crippen LogP contribution in [0.5, 0.6) is 11.5 Å². The van der Waals surface area contributed by atoms with Crippen LogP contribution in [0, 0.1) is 0 Å². The molecule has 0 bridgehead atoms. The van der Waals surface area contributed by atoms with Crippen LogP contribution in [-0.4, -0.2) is 25.1 Å². The van der Waals surface area contributed by atoms with Crippen LogP contribution < -0.4 is 9.47 Å². The topological polar surface area (TPSA) is 51.0 Å². The second-order valence-corrected chi connectivity index (χ2v) is 5.81. The van der Waals surface area contributed by atoms with Crippen LogP contribution in [0.4, 0.5) is 0 Å². The molecule has 4 nitrogen and oxygen atoms in total. The van der Waals surface area contributed by atoms with E-state index in [1.54, 1.807) is 14.2 Å². The van der Waals surface area contributed by atoms with Crippen molar-refractivity contribution in [2.24, 2.45) is 5.16 Å². The molecular formula is C22H21NO3. The van der Waals surface area contributed by atoms with Crippen molar-refractivity contribution in [3.8, 4) is 11.5 Å². The summed E-state index contributed by atoms with van der Waals surface area (Å²) in [5.74, 6) is 1.05. The zero-order valence-electron chi connectivity index (χ0n) is 14.8. The van der Waals surface area contributed by atoms with Crippen molar-refractivity contribution in [1.82, 2.24) is 0 Å². The third kappa shape index (κ3) is 3.54. The Morgan fingerprint density at radius 3 is 1.96 bits per heavy atom. The van der Waals surface area contributed by atoms with Crippen LogP contribution >= 0.6 is 0 Å². The Balaban J connectivity index is 2.16. The summed E-state index contributed by atoms with van der Waals surface area (Å²) in [6.45, 7) is 0. The van der Waals surface area contributed by atoms with Gasteiger partial charge in [-0.1, -0.05) is 71.9 Å². The molecule has 0 saturated heterocycles. The Bertz CT molecular complexity index is 876. The number of nitrogens with zero attached hydrogens (tertiary/aromatic N) is 1. The molecule has 0 aliphatic heterocycles. The maximum atomic E-state index is 9.83. The Hall–Kier alpha value is -3.27. The summed E-state index contributed by atoms with van der Waals surface area (Å²) < 4.78 is 10.8. The predicted octanol–water partition coefficient (Wildman–Crippen LogP) is 4.71. The molecule has 1 unspecified atom stereocenters. The summed E-state index contributed by atoms with van der Waals surface area (Å²) >= 11 is 0. The zero-order chi connectivity index (χ0) is 18.4. The average Bonchev–Trinajstić information content (AvgIpc) is 2.72. The second-order valence-electron chi connectivity index (χ2n) is 5.81. The van der Waals surface area contributed by atoms with Crippen LogP contribution in [0.25, 0.3) is 0 Å². The summed E-state index contributed by atoms with van der Waals surface area (Å²) in [5, 5.41) is 13.5. The second kappa shape index (κ2) is 8.21. The van der Waals surface area contributed by atoms with Gasteiger partial charge < -0.3 is 14.7 Å². The Morgan fingerprint density at radius 2 is 1.38 bits per heavy atom. The van der Waals surface area contributed by atoms with Gasteiger partial charge in [-0.2, -0.15) is 0 Å². The van der Waals surface area contributed by atoms with E-state index >= 15 is 0 Å². The average molecular weight is 347 g/mol. The Morgan fingerprint density at radius 1 is 0.769 bits per heavy atom. The van der Waals surface area contributed by atoms with E-state index in [0.717, 1.165) is 16.7 Å². The van der Waals surface area contributed by atoms with Gasteiger partial charge in [-0.05, 0) is 23.3 Å². The summed E-state index contributed by atoms with van der Waals surface area (Å²) in [7, 11) is 3.22. The number of benzene rings is 3. The van der Waals surface area contributed by atoms with Gasteiger partial charge in [0.15, 0.2) is 11.5 Å². The van der Waals surface area contributed by atoms with Crippen LogP contribution in [0.1, 0.15) is 22.6 Å². The smallest absolute Gasteiger partial charge is 0.161 e. The lowest BCUT2D eigenvalue weighted by Crippen LogP contribution is -2.16. The maximum absolute atomic E-state index is 9.83. The summed E-state index contributed by atoms with van der Waals surface area (Å²) in [6.07, 6.45) is 0. The molecular weight excluding hydrogens is 326 g/mol.